The summed E-state index contributed by atoms with van der Waals surface area (Å²) in [6.07, 6.45) is 5.82. The molecule has 7 nitrogen and oxygen atoms in total. The SMILES string of the molecule is Cc1ccc(COc2ccc(Oc3c(C)cc(/C=C/C(=O)N4CCN(Cc5ccc(CCOc6ccc(F)cc6)cc5)C[C@@H]4C)cc3Cl)nc2)cc1. The van der Waals surface area contributed by atoms with Crippen LogP contribution in [-0.4, -0.2) is 53.0 Å². The van der Waals surface area contributed by atoms with Gasteiger partial charge in [0.1, 0.15) is 23.9 Å². The zero-order valence-electron chi connectivity index (χ0n) is 29.7. The van der Waals surface area contributed by atoms with Crippen molar-refractivity contribution in [2.24, 2.45) is 0 Å². The van der Waals surface area contributed by atoms with Crippen LogP contribution in [0.3, 0.4) is 0 Å². The van der Waals surface area contributed by atoms with Crippen molar-refractivity contribution < 1.29 is 23.4 Å². The lowest BCUT2D eigenvalue weighted by Gasteiger charge is -2.39. The van der Waals surface area contributed by atoms with E-state index < -0.39 is 0 Å². The van der Waals surface area contributed by atoms with Crippen LogP contribution in [0, 0.1) is 19.7 Å². The summed E-state index contributed by atoms with van der Waals surface area (Å²) in [5, 5.41) is 0.432. The number of hydrogen-bond donors (Lipinski definition) is 0. The maximum Gasteiger partial charge on any atom is 0.246 e. The number of amides is 1. The van der Waals surface area contributed by atoms with Gasteiger partial charge in [0.15, 0.2) is 5.75 Å². The van der Waals surface area contributed by atoms with Gasteiger partial charge in [-0.3, -0.25) is 9.69 Å². The number of ether oxygens (including phenoxy) is 3. The van der Waals surface area contributed by atoms with Crippen LogP contribution in [0.4, 0.5) is 4.39 Å². The molecule has 1 aliphatic heterocycles. The lowest BCUT2D eigenvalue weighted by atomic mass is 10.1. The summed E-state index contributed by atoms with van der Waals surface area (Å²) in [5.41, 5.74) is 6.34. The van der Waals surface area contributed by atoms with Crippen LogP contribution >= 0.6 is 11.6 Å². The average Bonchev–Trinajstić information content (AvgIpc) is 3.14. The molecule has 1 aromatic heterocycles. The standard InChI is InChI=1S/C43H43ClFN3O4/c1-30-4-6-35(7-5-30)29-51-39-17-18-41(46-26-39)52-43-31(2)24-36(25-40(43)44)12-19-42(49)48-22-21-47(27-32(48)3)28-34-10-8-33(9-11-34)20-23-50-38-15-13-37(45)14-16-38/h4-19,24-26,32H,20-23,27-29H2,1-3H3/b19-12+/t32-/m0/s1. The van der Waals surface area contributed by atoms with E-state index in [1.807, 2.05) is 36.1 Å². The van der Waals surface area contributed by atoms with Gasteiger partial charge in [-0.2, -0.15) is 0 Å². The predicted octanol–water partition coefficient (Wildman–Crippen LogP) is 9.23. The van der Waals surface area contributed by atoms with Gasteiger partial charge in [-0.25, -0.2) is 9.37 Å². The van der Waals surface area contributed by atoms with E-state index in [2.05, 4.69) is 60.1 Å². The van der Waals surface area contributed by atoms with Crippen molar-refractivity contribution in [3.05, 3.63) is 154 Å². The highest BCUT2D eigenvalue weighted by molar-refractivity contribution is 6.32. The van der Waals surface area contributed by atoms with E-state index in [9.17, 15) is 9.18 Å². The molecule has 52 heavy (non-hydrogen) atoms. The van der Waals surface area contributed by atoms with Crippen molar-refractivity contribution in [2.45, 2.75) is 46.4 Å². The molecule has 5 aromatic rings. The van der Waals surface area contributed by atoms with Crippen LogP contribution in [0.5, 0.6) is 23.1 Å². The summed E-state index contributed by atoms with van der Waals surface area (Å²) >= 11 is 6.64. The number of benzene rings is 4. The summed E-state index contributed by atoms with van der Waals surface area (Å²) < 4.78 is 30.7. The first-order valence-corrected chi connectivity index (χ1v) is 17.9. The van der Waals surface area contributed by atoms with Crippen molar-refractivity contribution in [1.29, 1.82) is 0 Å². The molecule has 9 heteroatoms. The summed E-state index contributed by atoms with van der Waals surface area (Å²) in [6.45, 7) is 10.1. The van der Waals surface area contributed by atoms with Gasteiger partial charge in [0.2, 0.25) is 11.8 Å². The number of carbonyl (C=O) groups is 1. The smallest absolute Gasteiger partial charge is 0.246 e. The first-order chi connectivity index (χ1) is 25.2. The highest BCUT2D eigenvalue weighted by Gasteiger charge is 2.26. The Kier molecular flexibility index (Phi) is 12.2. The van der Waals surface area contributed by atoms with Crippen molar-refractivity contribution in [3.63, 3.8) is 0 Å². The van der Waals surface area contributed by atoms with Gasteiger partial charge in [-0.1, -0.05) is 65.7 Å². The summed E-state index contributed by atoms with van der Waals surface area (Å²) in [7, 11) is 0. The number of nitrogens with zero attached hydrogens (tertiary/aromatic N) is 3. The van der Waals surface area contributed by atoms with E-state index in [1.54, 1.807) is 42.6 Å². The second kappa shape index (κ2) is 17.4. The maximum atomic E-state index is 13.2. The average molecular weight is 720 g/mol. The fourth-order valence-corrected chi connectivity index (χ4v) is 6.42. The Bertz CT molecular complexity index is 1940. The molecular weight excluding hydrogens is 677 g/mol. The minimum atomic E-state index is -0.272. The number of aryl methyl sites for hydroxylation is 2. The number of halogens is 2. The van der Waals surface area contributed by atoms with Gasteiger partial charge >= 0.3 is 0 Å². The third-order valence-electron chi connectivity index (χ3n) is 9.01. The Balaban J connectivity index is 0.953. The molecule has 1 amide bonds. The monoisotopic (exact) mass is 719 g/mol. The topological polar surface area (TPSA) is 64.1 Å². The summed E-state index contributed by atoms with van der Waals surface area (Å²) in [4.78, 5) is 21.9. The summed E-state index contributed by atoms with van der Waals surface area (Å²) in [6, 6.07) is 30.2. The molecule has 0 radical (unpaired) electrons. The van der Waals surface area contributed by atoms with Crippen LogP contribution in [0.1, 0.15) is 40.3 Å². The zero-order chi connectivity index (χ0) is 36.5. The van der Waals surface area contributed by atoms with Crippen molar-refractivity contribution in [2.75, 3.05) is 26.2 Å². The van der Waals surface area contributed by atoms with Gasteiger partial charge in [0.25, 0.3) is 0 Å². The van der Waals surface area contributed by atoms with E-state index >= 15 is 0 Å². The van der Waals surface area contributed by atoms with Crippen LogP contribution in [0.2, 0.25) is 5.02 Å². The third-order valence-corrected chi connectivity index (χ3v) is 9.29. The number of carbonyl (C=O) groups excluding carboxylic acids is 1. The van der Waals surface area contributed by atoms with Crippen LogP contribution in [0.15, 0.2) is 109 Å². The third kappa shape index (κ3) is 10.2. The molecule has 4 aromatic carbocycles. The highest BCUT2D eigenvalue weighted by atomic mass is 35.5. The number of rotatable bonds is 13. The number of hydrogen-bond acceptors (Lipinski definition) is 6. The largest absolute Gasteiger partial charge is 0.493 e. The molecule has 1 atom stereocenters. The van der Waals surface area contributed by atoms with Crippen LogP contribution in [0.25, 0.3) is 6.08 Å². The minimum absolute atomic E-state index is 0.0256. The molecule has 0 bridgehead atoms. The van der Waals surface area contributed by atoms with Gasteiger partial charge < -0.3 is 19.1 Å². The zero-order valence-corrected chi connectivity index (χ0v) is 30.5. The highest BCUT2D eigenvalue weighted by Crippen LogP contribution is 2.34. The second-order valence-corrected chi connectivity index (χ2v) is 13.6. The lowest BCUT2D eigenvalue weighted by Crippen LogP contribution is -2.53. The Labute approximate surface area is 310 Å². The molecular formula is C43H43ClFN3O4. The van der Waals surface area contributed by atoms with E-state index in [-0.39, 0.29) is 17.8 Å². The summed E-state index contributed by atoms with van der Waals surface area (Å²) in [5.74, 6) is 1.93. The molecule has 0 spiro atoms. The first-order valence-electron chi connectivity index (χ1n) is 17.5. The van der Waals surface area contributed by atoms with Gasteiger partial charge in [0, 0.05) is 50.8 Å². The molecule has 6 rings (SSSR count). The van der Waals surface area contributed by atoms with Crippen LogP contribution in [-0.2, 0) is 24.4 Å². The van der Waals surface area contributed by atoms with E-state index in [0.717, 1.165) is 42.7 Å². The molecule has 1 fully saturated rings. The van der Waals surface area contributed by atoms with Gasteiger partial charge in [-0.05, 0) is 97.1 Å². The normalized spacial score (nSPS) is 14.8. The number of aromatic nitrogens is 1. The Morgan fingerprint density at radius 3 is 2.29 bits per heavy atom. The molecule has 0 unspecified atom stereocenters. The molecule has 1 saturated heterocycles. The quantitative estimate of drug-likeness (QED) is 0.113. The molecule has 0 aliphatic carbocycles. The Morgan fingerprint density at radius 1 is 0.885 bits per heavy atom. The fourth-order valence-electron chi connectivity index (χ4n) is 6.11. The Morgan fingerprint density at radius 2 is 1.60 bits per heavy atom. The maximum absolute atomic E-state index is 13.2. The van der Waals surface area contributed by atoms with Gasteiger partial charge in [-0.15, -0.1) is 0 Å². The number of piperazine rings is 1. The molecule has 2 heterocycles. The second-order valence-electron chi connectivity index (χ2n) is 13.2. The number of pyridine rings is 1. The molecule has 268 valence electrons. The lowest BCUT2D eigenvalue weighted by molar-refractivity contribution is -0.130. The van der Waals surface area contributed by atoms with Crippen LogP contribution < -0.4 is 14.2 Å². The Hall–Kier alpha value is -5.18. The fraction of sp³-hybridized carbons (Fsp3) is 0.256. The molecule has 0 N–H and O–H groups in total. The molecule has 0 saturated carbocycles. The van der Waals surface area contributed by atoms with Crippen molar-refractivity contribution >= 4 is 23.6 Å². The van der Waals surface area contributed by atoms with E-state index in [0.29, 0.717) is 47.9 Å². The molecule has 1 aliphatic rings. The minimum Gasteiger partial charge on any atom is -0.493 e. The van der Waals surface area contributed by atoms with Gasteiger partial charge in [0.05, 0.1) is 17.8 Å². The predicted molar refractivity (Wildman–Crippen MR) is 204 cm³/mol. The van der Waals surface area contributed by atoms with E-state index in [4.69, 9.17) is 25.8 Å². The van der Waals surface area contributed by atoms with E-state index in [1.165, 1.54) is 28.8 Å². The first kappa shape index (κ1) is 36.6. The van der Waals surface area contributed by atoms with Crippen molar-refractivity contribution in [3.8, 4) is 23.1 Å². The van der Waals surface area contributed by atoms with Crippen molar-refractivity contribution in [1.82, 2.24) is 14.8 Å².